The van der Waals surface area contributed by atoms with Crippen molar-refractivity contribution in [2.24, 2.45) is 0 Å². The fraction of sp³-hybridized carbons (Fsp3) is 0.308. The molecule has 0 aliphatic rings. The molecule has 14 heavy (non-hydrogen) atoms. The topological polar surface area (TPSA) is 17.1 Å². The minimum Gasteiger partial charge on any atom is -0.299 e. The molecule has 1 unspecified atom stereocenters. The lowest BCUT2D eigenvalue weighted by atomic mass is 9.93. The van der Waals surface area contributed by atoms with Crippen LogP contribution in [0.4, 0.5) is 0 Å². The van der Waals surface area contributed by atoms with Crippen LogP contribution in [0.25, 0.3) is 0 Å². The Hall–Kier alpha value is -1.37. The van der Waals surface area contributed by atoms with E-state index in [0.717, 1.165) is 12.0 Å². The van der Waals surface area contributed by atoms with Gasteiger partial charge in [-0.1, -0.05) is 43.3 Å². The first-order valence-corrected chi connectivity index (χ1v) is 4.99. The van der Waals surface area contributed by atoms with Gasteiger partial charge >= 0.3 is 0 Å². The van der Waals surface area contributed by atoms with Gasteiger partial charge in [-0.15, -0.1) is 6.58 Å². The van der Waals surface area contributed by atoms with Crippen LogP contribution in [-0.4, -0.2) is 5.78 Å². The summed E-state index contributed by atoms with van der Waals surface area (Å²) < 4.78 is 0. The van der Waals surface area contributed by atoms with E-state index in [9.17, 15) is 4.79 Å². The molecule has 1 nitrogen and oxygen atoms in total. The fourth-order valence-electron chi connectivity index (χ4n) is 1.52. The highest BCUT2D eigenvalue weighted by molar-refractivity contribution is 5.87. The lowest BCUT2D eigenvalue weighted by Crippen LogP contribution is -2.09. The van der Waals surface area contributed by atoms with Crippen molar-refractivity contribution in [3.63, 3.8) is 0 Å². The molecule has 0 N–H and O–H groups in total. The Morgan fingerprint density at radius 2 is 2.07 bits per heavy atom. The molecule has 0 aromatic heterocycles. The van der Waals surface area contributed by atoms with E-state index >= 15 is 0 Å². The standard InChI is InChI=1S/C13H16O/c1-3-8-13(14)12(4-2)11-9-6-5-7-10-11/h4-7,9-10,12H,2-3,8H2,1H3. The number of Topliss-reactive ketones (excluding diaryl/α,β-unsaturated/α-hetero) is 1. The number of hydrogen-bond donors (Lipinski definition) is 0. The Labute approximate surface area is 85.5 Å². The molecule has 0 heterocycles. The van der Waals surface area contributed by atoms with E-state index in [-0.39, 0.29) is 11.7 Å². The zero-order valence-electron chi connectivity index (χ0n) is 8.57. The quantitative estimate of drug-likeness (QED) is 0.648. The second-order valence-corrected chi connectivity index (χ2v) is 3.34. The lowest BCUT2D eigenvalue weighted by Gasteiger charge is -2.10. The molecule has 1 heteroatoms. The number of benzene rings is 1. The summed E-state index contributed by atoms with van der Waals surface area (Å²) in [5.41, 5.74) is 1.04. The normalized spacial score (nSPS) is 12.1. The molecule has 0 aliphatic carbocycles. The molecule has 0 bridgehead atoms. The zero-order chi connectivity index (χ0) is 10.4. The van der Waals surface area contributed by atoms with E-state index in [1.54, 1.807) is 6.08 Å². The molecule has 0 saturated carbocycles. The van der Waals surface area contributed by atoms with Crippen LogP contribution in [0, 0.1) is 0 Å². The van der Waals surface area contributed by atoms with Crippen molar-refractivity contribution in [3.05, 3.63) is 48.6 Å². The zero-order valence-corrected chi connectivity index (χ0v) is 8.57. The third-order valence-electron chi connectivity index (χ3n) is 2.24. The molecule has 0 spiro atoms. The SMILES string of the molecule is C=CC(C(=O)CCC)c1ccccc1. The summed E-state index contributed by atoms with van der Waals surface area (Å²) in [5, 5.41) is 0. The van der Waals surface area contributed by atoms with Gasteiger partial charge in [-0.3, -0.25) is 4.79 Å². The Kier molecular flexibility index (Phi) is 4.11. The smallest absolute Gasteiger partial charge is 0.144 e. The van der Waals surface area contributed by atoms with Gasteiger partial charge in [0, 0.05) is 6.42 Å². The predicted octanol–water partition coefficient (Wildman–Crippen LogP) is 3.33. The largest absolute Gasteiger partial charge is 0.299 e. The Morgan fingerprint density at radius 1 is 1.43 bits per heavy atom. The van der Waals surface area contributed by atoms with Crippen molar-refractivity contribution in [2.75, 3.05) is 0 Å². The summed E-state index contributed by atoms with van der Waals surface area (Å²) in [5.74, 6) is 0.129. The van der Waals surface area contributed by atoms with Gasteiger partial charge in [0.05, 0.1) is 5.92 Å². The van der Waals surface area contributed by atoms with Crippen LogP contribution in [0.3, 0.4) is 0 Å². The van der Waals surface area contributed by atoms with Gasteiger partial charge in [0.25, 0.3) is 0 Å². The van der Waals surface area contributed by atoms with E-state index in [4.69, 9.17) is 0 Å². The second kappa shape index (κ2) is 5.38. The second-order valence-electron chi connectivity index (χ2n) is 3.34. The molecule has 1 rings (SSSR count). The van der Waals surface area contributed by atoms with Crippen molar-refractivity contribution in [3.8, 4) is 0 Å². The summed E-state index contributed by atoms with van der Waals surface area (Å²) in [6.45, 7) is 5.74. The van der Waals surface area contributed by atoms with E-state index < -0.39 is 0 Å². The van der Waals surface area contributed by atoms with Crippen molar-refractivity contribution >= 4 is 5.78 Å². The lowest BCUT2D eigenvalue weighted by molar-refractivity contribution is -0.119. The number of ketones is 1. The number of carbonyl (C=O) groups is 1. The molecular weight excluding hydrogens is 172 g/mol. The molecule has 0 radical (unpaired) electrons. The molecular formula is C13H16O. The number of rotatable bonds is 5. The highest BCUT2D eigenvalue weighted by Gasteiger charge is 2.14. The minimum atomic E-state index is -0.129. The van der Waals surface area contributed by atoms with E-state index in [1.165, 1.54) is 0 Å². The van der Waals surface area contributed by atoms with Gasteiger partial charge < -0.3 is 0 Å². The van der Waals surface area contributed by atoms with Gasteiger partial charge in [0.15, 0.2) is 0 Å². The summed E-state index contributed by atoms with van der Waals surface area (Å²) >= 11 is 0. The van der Waals surface area contributed by atoms with Crippen molar-refractivity contribution < 1.29 is 4.79 Å². The molecule has 0 amide bonds. The third kappa shape index (κ3) is 2.56. The van der Waals surface area contributed by atoms with Gasteiger partial charge in [0.2, 0.25) is 0 Å². The van der Waals surface area contributed by atoms with Gasteiger partial charge in [-0.2, -0.15) is 0 Å². The molecule has 0 aliphatic heterocycles. The van der Waals surface area contributed by atoms with Gasteiger partial charge in [-0.25, -0.2) is 0 Å². The predicted molar refractivity (Wildman–Crippen MR) is 59.3 cm³/mol. The fourth-order valence-corrected chi connectivity index (χ4v) is 1.52. The van der Waals surface area contributed by atoms with Gasteiger partial charge in [-0.05, 0) is 12.0 Å². The van der Waals surface area contributed by atoms with Crippen LogP contribution in [0.2, 0.25) is 0 Å². The molecule has 0 fully saturated rings. The summed E-state index contributed by atoms with van der Waals surface area (Å²) in [7, 11) is 0. The average Bonchev–Trinajstić information content (AvgIpc) is 2.21. The van der Waals surface area contributed by atoms with Crippen molar-refractivity contribution in [2.45, 2.75) is 25.7 Å². The number of hydrogen-bond acceptors (Lipinski definition) is 1. The highest BCUT2D eigenvalue weighted by atomic mass is 16.1. The summed E-state index contributed by atoms with van der Waals surface area (Å²) in [6.07, 6.45) is 3.26. The van der Waals surface area contributed by atoms with Crippen molar-refractivity contribution in [1.82, 2.24) is 0 Å². The summed E-state index contributed by atoms with van der Waals surface area (Å²) in [4.78, 5) is 11.7. The van der Waals surface area contributed by atoms with Crippen LogP contribution in [-0.2, 0) is 4.79 Å². The molecule has 74 valence electrons. The van der Waals surface area contributed by atoms with E-state index in [0.29, 0.717) is 6.42 Å². The molecule has 0 saturated heterocycles. The van der Waals surface area contributed by atoms with Crippen LogP contribution >= 0.6 is 0 Å². The maximum Gasteiger partial charge on any atom is 0.144 e. The van der Waals surface area contributed by atoms with Crippen LogP contribution < -0.4 is 0 Å². The number of carbonyl (C=O) groups excluding carboxylic acids is 1. The molecule has 1 aromatic carbocycles. The van der Waals surface area contributed by atoms with Crippen LogP contribution in [0.5, 0.6) is 0 Å². The Balaban J connectivity index is 2.82. The first-order chi connectivity index (χ1) is 6.79. The number of allylic oxidation sites excluding steroid dienone is 1. The monoisotopic (exact) mass is 188 g/mol. The first kappa shape index (κ1) is 10.7. The molecule has 1 aromatic rings. The van der Waals surface area contributed by atoms with Crippen LogP contribution in [0.15, 0.2) is 43.0 Å². The summed E-state index contributed by atoms with van der Waals surface area (Å²) in [6, 6.07) is 9.80. The van der Waals surface area contributed by atoms with Crippen LogP contribution in [0.1, 0.15) is 31.2 Å². The van der Waals surface area contributed by atoms with Crippen molar-refractivity contribution in [1.29, 1.82) is 0 Å². The van der Waals surface area contributed by atoms with Gasteiger partial charge in [0.1, 0.15) is 5.78 Å². The minimum absolute atomic E-state index is 0.129. The Bertz CT molecular complexity index is 300. The maximum absolute atomic E-state index is 11.7. The third-order valence-corrected chi connectivity index (χ3v) is 2.24. The van der Waals surface area contributed by atoms with E-state index in [2.05, 4.69) is 6.58 Å². The average molecular weight is 188 g/mol. The molecule has 1 atom stereocenters. The Morgan fingerprint density at radius 3 is 2.57 bits per heavy atom. The highest BCUT2D eigenvalue weighted by Crippen LogP contribution is 2.19. The maximum atomic E-state index is 11.7. The first-order valence-electron chi connectivity index (χ1n) is 4.99. The van der Waals surface area contributed by atoms with E-state index in [1.807, 2.05) is 37.3 Å².